The number of hydrogen-bond donors (Lipinski definition) is 2. The molecule has 24 heavy (non-hydrogen) atoms. The first kappa shape index (κ1) is 13.5. The predicted molar refractivity (Wildman–Crippen MR) is 88.9 cm³/mol. The summed E-state index contributed by atoms with van der Waals surface area (Å²) < 4.78 is 1.75. The minimum Gasteiger partial charge on any atom is -0.265 e. The molecule has 4 aromatic rings. The van der Waals surface area contributed by atoms with Crippen LogP contribution in [0.15, 0.2) is 55.1 Å². The van der Waals surface area contributed by atoms with Gasteiger partial charge in [0.15, 0.2) is 11.5 Å². The molecule has 1 aliphatic rings. The van der Waals surface area contributed by atoms with Crippen molar-refractivity contribution in [3.8, 4) is 0 Å². The Morgan fingerprint density at radius 2 is 1.83 bits per heavy atom. The highest BCUT2D eigenvalue weighted by molar-refractivity contribution is 5.90. The zero-order valence-electron chi connectivity index (χ0n) is 12.8. The molecule has 7 heteroatoms. The monoisotopic (exact) mass is 317 g/mol. The van der Waals surface area contributed by atoms with Crippen LogP contribution in [0.25, 0.3) is 16.6 Å². The number of nitrogens with one attached hydrogen (secondary N) is 2. The van der Waals surface area contributed by atoms with Gasteiger partial charge in [-0.15, -0.1) is 5.10 Å². The van der Waals surface area contributed by atoms with E-state index < -0.39 is 0 Å². The van der Waals surface area contributed by atoms with Crippen LogP contribution in [0.4, 0.5) is 0 Å². The summed E-state index contributed by atoms with van der Waals surface area (Å²) in [4.78, 5) is 13.2. The van der Waals surface area contributed by atoms with Gasteiger partial charge < -0.3 is 0 Å². The third kappa shape index (κ3) is 2.14. The lowest BCUT2D eigenvalue weighted by atomic mass is 10.0. The fourth-order valence-corrected chi connectivity index (χ4v) is 3.18. The molecule has 0 radical (unpaired) electrons. The summed E-state index contributed by atoms with van der Waals surface area (Å²) >= 11 is 0. The number of hydrazine groups is 1. The Morgan fingerprint density at radius 1 is 1.00 bits per heavy atom. The molecule has 1 fully saturated rings. The highest BCUT2D eigenvalue weighted by Crippen LogP contribution is 2.29. The number of benzene rings is 1. The van der Waals surface area contributed by atoms with Crippen molar-refractivity contribution in [1.82, 2.24) is 35.4 Å². The van der Waals surface area contributed by atoms with Crippen LogP contribution in [0.1, 0.15) is 29.9 Å². The molecule has 0 amide bonds. The molecule has 1 aliphatic heterocycles. The van der Waals surface area contributed by atoms with Crippen molar-refractivity contribution < 1.29 is 0 Å². The van der Waals surface area contributed by atoms with Gasteiger partial charge in [0.05, 0.1) is 11.6 Å². The summed E-state index contributed by atoms with van der Waals surface area (Å²) in [5, 5.41) is 5.61. The molecule has 0 aliphatic carbocycles. The average molecular weight is 317 g/mol. The second kappa shape index (κ2) is 5.33. The van der Waals surface area contributed by atoms with E-state index in [-0.39, 0.29) is 12.1 Å². The number of pyridine rings is 1. The fourth-order valence-electron chi connectivity index (χ4n) is 3.18. The number of rotatable bonds is 2. The number of nitrogens with zero attached hydrogens (tertiary/aromatic N) is 5. The zero-order chi connectivity index (χ0) is 15.9. The predicted octanol–water partition coefficient (Wildman–Crippen LogP) is 1.95. The van der Waals surface area contributed by atoms with Gasteiger partial charge in [-0.2, -0.15) is 0 Å². The summed E-state index contributed by atoms with van der Waals surface area (Å²) in [6.07, 6.45) is 6.22. The van der Waals surface area contributed by atoms with E-state index in [9.17, 15) is 0 Å². The first-order chi connectivity index (χ1) is 11.9. The maximum Gasteiger partial charge on any atom is 0.170 e. The first-order valence-electron chi connectivity index (χ1n) is 7.89. The van der Waals surface area contributed by atoms with Gasteiger partial charge in [-0.05, 0) is 36.2 Å². The smallest absolute Gasteiger partial charge is 0.170 e. The van der Waals surface area contributed by atoms with Crippen LogP contribution < -0.4 is 10.9 Å². The van der Waals surface area contributed by atoms with Gasteiger partial charge in [-0.1, -0.05) is 12.1 Å². The third-order valence-corrected chi connectivity index (χ3v) is 4.42. The van der Waals surface area contributed by atoms with Crippen molar-refractivity contribution in [1.29, 1.82) is 0 Å². The lowest BCUT2D eigenvalue weighted by Crippen LogP contribution is -2.27. The third-order valence-electron chi connectivity index (χ3n) is 4.42. The number of fused-ring (bicyclic) bond motifs is 3. The van der Waals surface area contributed by atoms with Crippen molar-refractivity contribution in [3.05, 3.63) is 66.5 Å². The molecule has 0 bridgehead atoms. The largest absolute Gasteiger partial charge is 0.265 e. The number of para-hydroxylation sites is 1. The Balaban J connectivity index is 1.50. The Hall–Kier alpha value is -2.90. The topological polar surface area (TPSA) is 80.0 Å². The van der Waals surface area contributed by atoms with Crippen LogP contribution in [0.5, 0.6) is 0 Å². The van der Waals surface area contributed by atoms with E-state index in [1.54, 1.807) is 10.8 Å². The lowest BCUT2D eigenvalue weighted by molar-refractivity contribution is 0.540. The van der Waals surface area contributed by atoms with Crippen LogP contribution in [-0.4, -0.2) is 24.6 Å². The second-order valence-electron chi connectivity index (χ2n) is 5.91. The van der Waals surface area contributed by atoms with E-state index in [0.29, 0.717) is 0 Å². The lowest BCUT2D eigenvalue weighted by Gasteiger charge is -2.07. The van der Waals surface area contributed by atoms with E-state index in [1.807, 2.05) is 48.8 Å². The molecular weight excluding hydrogens is 302 g/mol. The molecule has 7 nitrogen and oxygen atoms in total. The Morgan fingerprint density at radius 3 is 2.75 bits per heavy atom. The first-order valence-corrected chi connectivity index (χ1v) is 7.89. The summed E-state index contributed by atoms with van der Waals surface area (Å²) in [5.74, 6) is 0.775. The van der Waals surface area contributed by atoms with Gasteiger partial charge in [0.1, 0.15) is 6.33 Å². The summed E-state index contributed by atoms with van der Waals surface area (Å²) in [5.41, 5.74) is 9.59. The molecule has 2 atom stereocenters. The van der Waals surface area contributed by atoms with E-state index in [0.717, 1.165) is 28.8 Å². The molecular formula is C17H15N7. The standard InChI is InChI=1S/C17H15N7/c1-2-4-13-12(3-1)17-20-16(23-24(17)10-19-13)15-9-14(21-22-15)11-5-7-18-8-6-11/h1-8,10,14-15,21-22H,9H2. The molecule has 1 saturated heterocycles. The van der Waals surface area contributed by atoms with Crippen LogP contribution in [0, 0.1) is 0 Å². The number of hydrogen-bond acceptors (Lipinski definition) is 6. The zero-order valence-corrected chi connectivity index (χ0v) is 12.8. The summed E-state index contributed by atoms with van der Waals surface area (Å²) in [6, 6.07) is 12.3. The molecule has 0 saturated carbocycles. The molecule has 5 rings (SSSR count). The Bertz CT molecular complexity index is 1010. The molecule has 3 aromatic heterocycles. The van der Waals surface area contributed by atoms with E-state index in [2.05, 4.69) is 25.9 Å². The van der Waals surface area contributed by atoms with Crippen molar-refractivity contribution >= 4 is 16.6 Å². The highest BCUT2D eigenvalue weighted by Gasteiger charge is 2.29. The van der Waals surface area contributed by atoms with Crippen molar-refractivity contribution in [3.63, 3.8) is 0 Å². The van der Waals surface area contributed by atoms with Gasteiger partial charge >= 0.3 is 0 Å². The maximum absolute atomic E-state index is 4.75. The summed E-state index contributed by atoms with van der Waals surface area (Å²) in [7, 11) is 0. The van der Waals surface area contributed by atoms with Gasteiger partial charge in [-0.25, -0.2) is 25.3 Å². The minimum absolute atomic E-state index is 0.0572. The average Bonchev–Trinajstić information content (AvgIpc) is 3.29. The van der Waals surface area contributed by atoms with Crippen molar-refractivity contribution in [2.45, 2.75) is 18.5 Å². The molecule has 0 spiro atoms. The molecule has 118 valence electrons. The molecule has 2 N–H and O–H groups in total. The molecule has 1 aromatic carbocycles. The highest BCUT2D eigenvalue weighted by atomic mass is 15.4. The second-order valence-corrected chi connectivity index (χ2v) is 5.91. The van der Waals surface area contributed by atoms with Gasteiger partial charge in [0.2, 0.25) is 0 Å². The quantitative estimate of drug-likeness (QED) is 0.588. The Kier molecular flexibility index (Phi) is 3.00. The van der Waals surface area contributed by atoms with E-state index in [1.165, 1.54) is 5.56 Å². The van der Waals surface area contributed by atoms with Crippen molar-refractivity contribution in [2.75, 3.05) is 0 Å². The normalized spacial score (nSPS) is 20.8. The number of aromatic nitrogens is 5. The minimum atomic E-state index is 0.0572. The molecule has 2 unspecified atom stereocenters. The molecule has 4 heterocycles. The van der Waals surface area contributed by atoms with Gasteiger partial charge in [-0.3, -0.25) is 4.98 Å². The van der Waals surface area contributed by atoms with Crippen LogP contribution in [0.3, 0.4) is 0 Å². The van der Waals surface area contributed by atoms with Crippen LogP contribution >= 0.6 is 0 Å². The SMILES string of the molecule is c1ccc2c(c1)ncn1nc(C3CC(c4ccncc4)NN3)nc21. The Labute approximate surface area is 137 Å². The van der Waals surface area contributed by atoms with E-state index in [4.69, 9.17) is 4.98 Å². The summed E-state index contributed by atoms with van der Waals surface area (Å²) in [6.45, 7) is 0. The van der Waals surface area contributed by atoms with Crippen LogP contribution in [-0.2, 0) is 0 Å². The van der Waals surface area contributed by atoms with Gasteiger partial charge in [0.25, 0.3) is 0 Å². The fraction of sp³-hybridized carbons (Fsp3) is 0.176. The maximum atomic E-state index is 4.75. The van der Waals surface area contributed by atoms with E-state index >= 15 is 0 Å². The van der Waals surface area contributed by atoms with Gasteiger partial charge in [0, 0.05) is 23.8 Å². The van der Waals surface area contributed by atoms with Crippen molar-refractivity contribution in [2.24, 2.45) is 0 Å². The van der Waals surface area contributed by atoms with Crippen LogP contribution in [0.2, 0.25) is 0 Å².